The molecule has 1 amide bonds. The van der Waals surface area contributed by atoms with Crippen LogP contribution in [0, 0.1) is 6.92 Å². The van der Waals surface area contributed by atoms with Crippen LogP contribution in [0.15, 0.2) is 18.2 Å². The van der Waals surface area contributed by atoms with Gasteiger partial charge >= 0.3 is 0 Å². The summed E-state index contributed by atoms with van der Waals surface area (Å²) in [5.74, 6) is 0.994. The molecular weight excluding hydrogens is 262 g/mol. The summed E-state index contributed by atoms with van der Waals surface area (Å²) >= 11 is 0. The predicted molar refractivity (Wildman–Crippen MR) is 75.8 cm³/mol. The summed E-state index contributed by atoms with van der Waals surface area (Å²) in [6.45, 7) is 4.34. The zero-order valence-electron chi connectivity index (χ0n) is 11.3. The number of phenols is 1. The number of carbonyl (C=O) groups is 1. The normalized spacial score (nSPS) is 24.0. The second kappa shape index (κ2) is 5.74. The first-order valence-corrected chi connectivity index (χ1v) is 7.93. The van der Waals surface area contributed by atoms with E-state index in [0.29, 0.717) is 23.6 Å². The summed E-state index contributed by atoms with van der Waals surface area (Å²) < 4.78 is 11.6. The van der Waals surface area contributed by atoms with Crippen LogP contribution in [0.2, 0.25) is 0 Å². The Bertz CT molecular complexity index is 515. The summed E-state index contributed by atoms with van der Waals surface area (Å²) in [6.07, 6.45) is 0.741. The van der Waals surface area contributed by atoms with Gasteiger partial charge in [-0.3, -0.25) is 9.00 Å². The Morgan fingerprint density at radius 3 is 2.89 bits per heavy atom. The van der Waals surface area contributed by atoms with E-state index in [0.717, 1.165) is 12.0 Å². The van der Waals surface area contributed by atoms with Crippen LogP contribution in [0.5, 0.6) is 5.75 Å². The minimum absolute atomic E-state index is 0.00756. The molecule has 0 aliphatic carbocycles. The monoisotopic (exact) mass is 281 g/mol. The van der Waals surface area contributed by atoms with Crippen LogP contribution in [0.25, 0.3) is 0 Å². The van der Waals surface area contributed by atoms with Gasteiger partial charge in [0, 0.05) is 34.9 Å². The highest BCUT2D eigenvalue weighted by atomic mass is 32.2. The van der Waals surface area contributed by atoms with Crippen molar-refractivity contribution in [2.45, 2.75) is 26.3 Å². The molecule has 1 aromatic rings. The first-order chi connectivity index (χ1) is 8.99. The van der Waals surface area contributed by atoms with E-state index in [2.05, 4.69) is 0 Å². The van der Waals surface area contributed by atoms with Crippen molar-refractivity contribution >= 4 is 16.7 Å². The fraction of sp³-hybridized carbons (Fsp3) is 0.500. The van der Waals surface area contributed by atoms with E-state index in [4.69, 9.17) is 0 Å². The Morgan fingerprint density at radius 2 is 2.16 bits per heavy atom. The van der Waals surface area contributed by atoms with Crippen molar-refractivity contribution in [2.75, 3.05) is 18.1 Å². The Kier molecular flexibility index (Phi) is 4.24. The van der Waals surface area contributed by atoms with E-state index < -0.39 is 10.8 Å². The van der Waals surface area contributed by atoms with Crippen molar-refractivity contribution in [1.29, 1.82) is 0 Å². The lowest BCUT2D eigenvalue weighted by atomic mass is 10.1. The number of carbonyl (C=O) groups excluding carboxylic acids is 1. The molecule has 1 saturated heterocycles. The fourth-order valence-corrected chi connectivity index (χ4v) is 3.47. The molecule has 5 heteroatoms. The summed E-state index contributed by atoms with van der Waals surface area (Å²) in [7, 11) is -0.838. The number of benzene rings is 1. The molecule has 19 heavy (non-hydrogen) atoms. The number of aromatic hydroxyl groups is 1. The predicted octanol–water partition coefficient (Wildman–Crippen LogP) is 1.68. The Balaban J connectivity index is 2.27. The maximum Gasteiger partial charge on any atom is 0.257 e. The SMILES string of the molecule is Cc1ccc(O)c(C(=O)N2CCS(=O)CCC2C)c1. The van der Waals surface area contributed by atoms with Gasteiger partial charge in [-0.1, -0.05) is 11.6 Å². The largest absolute Gasteiger partial charge is 0.507 e. The highest BCUT2D eigenvalue weighted by Gasteiger charge is 2.26. The molecule has 0 spiro atoms. The Morgan fingerprint density at radius 1 is 1.42 bits per heavy atom. The third-order valence-corrected chi connectivity index (χ3v) is 4.83. The summed E-state index contributed by atoms with van der Waals surface area (Å²) in [5, 5.41) is 9.84. The van der Waals surface area contributed by atoms with Gasteiger partial charge in [-0.05, 0) is 32.4 Å². The van der Waals surface area contributed by atoms with Gasteiger partial charge < -0.3 is 10.0 Å². The van der Waals surface area contributed by atoms with Gasteiger partial charge in [0.1, 0.15) is 5.75 Å². The van der Waals surface area contributed by atoms with Crippen molar-refractivity contribution in [3.8, 4) is 5.75 Å². The summed E-state index contributed by atoms with van der Waals surface area (Å²) in [4.78, 5) is 14.2. The van der Waals surface area contributed by atoms with Crippen molar-refractivity contribution < 1.29 is 14.1 Å². The molecule has 1 aliphatic rings. The highest BCUT2D eigenvalue weighted by Crippen LogP contribution is 2.22. The average molecular weight is 281 g/mol. The van der Waals surface area contributed by atoms with Gasteiger partial charge in [-0.25, -0.2) is 0 Å². The molecule has 4 nitrogen and oxygen atoms in total. The zero-order chi connectivity index (χ0) is 14.0. The fourth-order valence-electron chi connectivity index (χ4n) is 2.26. The van der Waals surface area contributed by atoms with Crippen molar-refractivity contribution in [1.82, 2.24) is 4.90 Å². The third-order valence-electron chi connectivity index (χ3n) is 3.50. The lowest BCUT2D eigenvalue weighted by Gasteiger charge is -2.27. The van der Waals surface area contributed by atoms with Crippen LogP contribution in [0.1, 0.15) is 29.3 Å². The molecule has 1 heterocycles. The number of rotatable bonds is 1. The van der Waals surface area contributed by atoms with Gasteiger partial charge in [0.25, 0.3) is 5.91 Å². The van der Waals surface area contributed by atoms with Crippen molar-refractivity contribution in [3.63, 3.8) is 0 Å². The van der Waals surface area contributed by atoms with E-state index in [9.17, 15) is 14.1 Å². The smallest absolute Gasteiger partial charge is 0.257 e. The van der Waals surface area contributed by atoms with Gasteiger partial charge in [-0.15, -0.1) is 0 Å². The second-order valence-electron chi connectivity index (χ2n) is 5.00. The van der Waals surface area contributed by atoms with Crippen LogP contribution in [-0.2, 0) is 10.8 Å². The third kappa shape index (κ3) is 3.15. The van der Waals surface area contributed by atoms with Gasteiger partial charge in [0.15, 0.2) is 0 Å². The maximum atomic E-state index is 12.5. The molecule has 1 fully saturated rings. The van der Waals surface area contributed by atoms with E-state index in [1.54, 1.807) is 23.1 Å². The highest BCUT2D eigenvalue weighted by molar-refractivity contribution is 7.85. The lowest BCUT2D eigenvalue weighted by Crippen LogP contribution is -2.39. The van der Waals surface area contributed by atoms with E-state index in [-0.39, 0.29) is 17.7 Å². The van der Waals surface area contributed by atoms with Crippen molar-refractivity contribution in [3.05, 3.63) is 29.3 Å². The number of phenolic OH excluding ortho intramolecular Hbond substituents is 1. The minimum atomic E-state index is -0.838. The molecule has 1 N–H and O–H groups in total. The van der Waals surface area contributed by atoms with E-state index >= 15 is 0 Å². The molecule has 1 aliphatic heterocycles. The molecule has 0 bridgehead atoms. The van der Waals surface area contributed by atoms with Gasteiger partial charge in [-0.2, -0.15) is 0 Å². The number of nitrogens with zero attached hydrogens (tertiary/aromatic N) is 1. The van der Waals surface area contributed by atoms with Crippen LogP contribution in [0.4, 0.5) is 0 Å². The number of hydrogen-bond acceptors (Lipinski definition) is 3. The lowest BCUT2D eigenvalue weighted by molar-refractivity contribution is 0.0703. The molecule has 2 atom stereocenters. The number of aryl methyl sites for hydroxylation is 1. The maximum absolute atomic E-state index is 12.5. The molecule has 0 aromatic heterocycles. The van der Waals surface area contributed by atoms with Gasteiger partial charge in [0.05, 0.1) is 5.56 Å². The van der Waals surface area contributed by atoms with Crippen LogP contribution >= 0.6 is 0 Å². The Hall–Kier alpha value is -1.36. The molecule has 2 unspecified atom stereocenters. The first kappa shape index (κ1) is 14.1. The summed E-state index contributed by atoms with van der Waals surface area (Å²) in [5.41, 5.74) is 1.27. The molecule has 1 aromatic carbocycles. The molecule has 104 valence electrons. The van der Waals surface area contributed by atoms with Gasteiger partial charge in [0.2, 0.25) is 0 Å². The quantitative estimate of drug-likeness (QED) is 0.852. The first-order valence-electron chi connectivity index (χ1n) is 6.44. The molecular formula is C14H19NO3S. The topological polar surface area (TPSA) is 57.6 Å². The van der Waals surface area contributed by atoms with Crippen molar-refractivity contribution in [2.24, 2.45) is 0 Å². The second-order valence-corrected chi connectivity index (χ2v) is 6.70. The van der Waals surface area contributed by atoms with E-state index in [1.807, 2.05) is 13.8 Å². The standard InChI is InChI=1S/C14H19NO3S/c1-10-3-4-13(16)12(9-10)14(17)15-6-8-19(18)7-5-11(15)2/h3-4,9,11,16H,5-8H2,1-2H3. The van der Waals surface area contributed by atoms with Crippen LogP contribution in [-0.4, -0.2) is 44.2 Å². The Labute approximate surface area is 115 Å². The number of amides is 1. The average Bonchev–Trinajstić information content (AvgIpc) is 2.54. The van der Waals surface area contributed by atoms with Crippen LogP contribution in [0.3, 0.4) is 0 Å². The zero-order valence-corrected chi connectivity index (χ0v) is 12.1. The van der Waals surface area contributed by atoms with E-state index in [1.165, 1.54) is 0 Å². The minimum Gasteiger partial charge on any atom is -0.507 e. The van der Waals surface area contributed by atoms with Crippen LogP contribution < -0.4 is 0 Å². The molecule has 0 radical (unpaired) electrons. The molecule has 2 rings (SSSR count). The molecule has 0 saturated carbocycles. The summed E-state index contributed by atoms with van der Waals surface area (Å²) in [6, 6.07) is 5.07. The number of hydrogen-bond donors (Lipinski definition) is 1.